The molecule has 8 nitrogen and oxygen atoms in total. The van der Waals surface area contributed by atoms with E-state index >= 15 is 0 Å². The normalized spacial score (nSPS) is 9.90. The Labute approximate surface area is 113 Å². The average Bonchev–Trinajstić information content (AvgIpc) is 2.46. The van der Waals surface area contributed by atoms with Crippen molar-refractivity contribution >= 4 is 23.2 Å². The molecule has 7 N–H and O–H groups in total. The van der Waals surface area contributed by atoms with E-state index in [2.05, 4.69) is 26.2 Å². The van der Waals surface area contributed by atoms with Crippen molar-refractivity contribution in [2.24, 2.45) is 5.84 Å². The quantitative estimate of drug-likeness (QED) is 0.399. The second kappa shape index (κ2) is 5.80. The van der Waals surface area contributed by atoms with Gasteiger partial charge in [-0.05, 0) is 12.1 Å². The van der Waals surface area contributed by atoms with E-state index in [0.717, 1.165) is 0 Å². The summed E-state index contributed by atoms with van der Waals surface area (Å²) in [4.78, 5) is 19.4. The number of nitrogen functional groups attached to an aromatic ring is 2. The molecule has 1 amide bonds. The monoisotopic (exact) mass is 277 g/mol. The molecule has 9 heteroatoms. The molecule has 0 unspecified atom stereocenters. The third-order valence-corrected chi connectivity index (χ3v) is 2.43. The average molecular weight is 277 g/mol. The summed E-state index contributed by atoms with van der Waals surface area (Å²) < 4.78 is 13.4. The van der Waals surface area contributed by atoms with Crippen molar-refractivity contribution in [3.63, 3.8) is 0 Å². The molecular weight excluding hydrogens is 265 g/mol. The van der Waals surface area contributed by atoms with Gasteiger partial charge in [0.1, 0.15) is 17.8 Å². The number of halogens is 1. The van der Waals surface area contributed by atoms with Gasteiger partial charge in [-0.1, -0.05) is 12.1 Å². The van der Waals surface area contributed by atoms with E-state index in [0.29, 0.717) is 0 Å². The van der Waals surface area contributed by atoms with E-state index in [1.807, 2.05) is 0 Å². The van der Waals surface area contributed by atoms with Crippen LogP contribution in [0, 0.1) is 5.82 Å². The molecule has 1 aromatic heterocycles. The molecule has 0 aliphatic heterocycles. The number of aromatic nitrogens is 2. The first-order valence-electron chi connectivity index (χ1n) is 5.51. The number of nitrogens with zero attached hydrogens (tertiary/aromatic N) is 2. The number of hydrogen-bond donors (Lipinski definition) is 5. The van der Waals surface area contributed by atoms with Crippen LogP contribution in [0.25, 0.3) is 0 Å². The largest absolute Gasteiger partial charge is 0.393 e. The molecule has 20 heavy (non-hydrogen) atoms. The predicted molar refractivity (Wildman–Crippen MR) is 71.7 cm³/mol. The number of hydrogen-bond acceptors (Lipinski definition) is 7. The number of hydrazine groups is 2. The van der Waals surface area contributed by atoms with Gasteiger partial charge in [0.05, 0.1) is 5.56 Å². The summed E-state index contributed by atoms with van der Waals surface area (Å²) in [5, 5.41) is 0. The lowest BCUT2D eigenvalue weighted by molar-refractivity contribution is 0.0958. The molecule has 0 saturated heterocycles. The summed E-state index contributed by atoms with van der Waals surface area (Å²) in [6.07, 6.45) is 1.20. The van der Waals surface area contributed by atoms with Gasteiger partial charge in [-0.3, -0.25) is 15.6 Å². The van der Waals surface area contributed by atoms with Crippen molar-refractivity contribution in [1.82, 2.24) is 15.4 Å². The Balaban J connectivity index is 2.10. The first kappa shape index (κ1) is 13.5. The Hall–Kier alpha value is -2.94. The zero-order valence-corrected chi connectivity index (χ0v) is 10.2. The van der Waals surface area contributed by atoms with Crippen LogP contribution < -0.4 is 27.9 Å². The van der Waals surface area contributed by atoms with Gasteiger partial charge in [0, 0.05) is 0 Å². The molecule has 0 saturated carbocycles. The highest BCUT2D eigenvalue weighted by Gasteiger charge is 2.12. The van der Waals surface area contributed by atoms with Crippen LogP contribution in [0.3, 0.4) is 0 Å². The van der Waals surface area contributed by atoms with Gasteiger partial charge in [-0.2, -0.15) is 0 Å². The van der Waals surface area contributed by atoms with Crippen molar-refractivity contribution < 1.29 is 9.18 Å². The maximum Gasteiger partial charge on any atom is 0.272 e. The van der Waals surface area contributed by atoms with E-state index < -0.39 is 11.7 Å². The van der Waals surface area contributed by atoms with Gasteiger partial charge in [0.2, 0.25) is 0 Å². The minimum Gasteiger partial charge on any atom is -0.393 e. The highest BCUT2D eigenvalue weighted by atomic mass is 19.1. The number of carbonyl (C=O) groups excluding carboxylic acids is 1. The highest BCUT2D eigenvalue weighted by Crippen LogP contribution is 2.20. The van der Waals surface area contributed by atoms with E-state index in [1.54, 1.807) is 6.07 Å². The number of benzene rings is 1. The van der Waals surface area contributed by atoms with Gasteiger partial charge in [-0.15, -0.1) is 0 Å². The van der Waals surface area contributed by atoms with Crippen LogP contribution in [0.4, 0.5) is 21.7 Å². The van der Waals surface area contributed by atoms with Crippen LogP contribution >= 0.6 is 0 Å². The number of rotatable bonds is 4. The van der Waals surface area contributed by atoms with Gasteiger partial charge in [-0.25, -0.2) is 20.2 Å². The fourth-order valence-electron chi connectivity index (χ4n) is 1.44. The zero-order chi connectivity index (χ0) is 14.5. The maximum atomic E-state index is 13.4. The van der Waals surface area contributed by atoms with Gasteiger partial charge < -0.3 is 11.2 Å². The minimum absolute atomic E-state index is 0.107. The summed E-state index contributed by atoms with van der Waals surface area (Å²) in [6, 6.07) is 5.57. The zero-order valence-electron chi connectivity index (χ0n) is 10.2. The second-order valence-corrected chi connectivity index (χ2v) is 3.69. The van der Waals surface area contributed by atoms with E-state index in [9.17, 15) is 9.18 Å². The minimum atomic E-state index is -0.664. The Bertz CT molecular complexity index is 634. The topological polar surface area (TPSA) is 131 Å². The summed E-state index contributed by atoms with van der Waals surface area (Å²) in [6.45, 7) is 0. The van der Waals surface area contributed by atoms with Crippen molar-refractivity contribution in [3.8, 4) is 0 Å². The number of anilines is 3. The molecule has 0 bridgehead atoms. The Morgan fingerprint density at radius 2 is 1.90 bits per heavy atom. The lowest BCUT2D eigenvalue weighted by atomic mass is 10.2. The van der Waals surface area contributed by atoms with Gasteiger partial charge in [0.25, 0.3) is 5.91 Å². The molecule has 2 aromatic rings. The van der Waals surface area contributed by atoms with E-state index in [4.69, 9.17) is 11.6 Å². The smallest absolute Gasteiger partial charge is 0.272 e. The number of amides is 1. The van der Waals surface area contributed by atoms with Crippen LogP contribution in [0.1, 0.15) is 10.4 Å². The van der Waals surface area contributed by atoms with Gasteiger partial charge in [0.15, 0.2) is 11.6 Å². The lowest BCUT2D eigenvalue weighted by Crippen LogP contribution is -2.31. The molecule has 1 heterocycles. The number of nitrogens with two attached hydrogens (primary N) is 2. The second-order valence-electron chi connectivity index (χ2n) is 3.69. The first-order chi connectivity index (χ1) is 9.63. The summed E-state index contributed by atoms with van der Waals surface area (Å²) >= 11 is 0. The molecule has 0 aliphatic rings. The fraction of sp³-hybridized carbons (Fsp3) is 0. The van der Waals surface area contributed by atoms with Gasteiger partial charge >= 0.3 is 0 Å². The number of nitrogens with one attached hydrogen (secondary N) is 3. The van der Waals surface area contributed by atoms with Crippen LogP contribution in [0.5, 0.6) is 0 Å². The molecule has 2 rings (SSSR count). The van der Waals surface area contributed by atoms with E-state index in [1.165, 1.54) is 24.5 Å². The predicted octanol–water partition coefficient (Wildman–Crippen LogP) is 0.240. The third kappa shape index (κ3) is 2.72. The standard InChI is InChI=1S/C11H12FN7O/c12-7-4-2-1-3-6(7)11(20)19-18-10-8(13)9(17-14)15-5-16-10/h1-5H,13-14H2,(H,19,20)(H2,15,16,17,18). The van der Waals surface area contributed by atoms with E-state index in [-0.39, 0.29) is 22.9 Å². The molecule has 0 fully saturated rings. The molecule has 0 radical (unpaired) electrons. The Morgan fingerprint density at radius 3 is 2.60 bits per heavy atom. The molecular formula is C11H12FN7O. The highest BCUT2D eigenvalue weighted by molar-refractivity contribution is 5.95. The van der Waals surface area contributed by atoms with Crippen molar-refractivity contribution in [1.29, 1.82) is 0 Å². The summed E-state index contributed by atoms with van der Waals surface area (Å²) in [5.74, 6) is 4.24. The summed E-state index contributed by atoms with van der Waals surface area (Å²) in [5.41, 5.74) is 12.7. The van der Waals surface area contributed by atoms with Crippen LogP contribution in [0.15, 0.2) is 30.6 Å². The van der Waals surface area contributed by atoms with Crippen LogP contribution in [-0.4, -0.2) is 15.9 Å². The Kier molecular flexibility index (Phi) is 3.91. The first-order valence-corrected chi connectivity index (χ1v) is 5.51. The van der Waals surface area contributed by atoms with Crippen LogP contribution in [-0.2, 0) is 0 Å². The van der Waals surface area contributed by atoms with Crippen molar-refractivity contribution in [2.75, 3.05) is 16.6 Å². The van der Waals surface area contributed by atoms with Crippen molar-refractivity contribution in [3.05, 3.63) is 42.0 Å². The molecule has 1 aromatic carbocycles. The lowest BCUT2D eigenvalue weighted by Gasteiger charge is -2.11. The molecule has 0 atom stereocenters. The molecule has 0 spiro atoms. The molecule has 0 aliphatic carbocycles. The Morgan fingerprint density at radius 1 is 1.20 bits per heavy atom. The third-order valence-electron chi connectivity index (χ3n) is 2.43. The molecule has 104 valence electrons. The SMILES string of the molecule is NNc1ncnc(NNC(=O)c2ccccc2F)c1N. The van der Waals surface area contributed by atoms with Crippen molar-refractivity contribution in [2.45, 2.75) is 0 Å². The van der Waals surface area contributed by atoms with Crippen LogP contribution in [0.2, 0.25) is 0 Å². The summed E-state index contributed by atoms with van der Waals surface area (Å²) in [7, 11) is 0. The number of carbonyl (C=O) groups is 1. The maximum absolute atomic E-state index is 13.4. The fourth-order valence-corrected chi connectivity index (χ4v) is 1.44.